The van der Waals surface area contributed by atoms with Gasteiger partial charge in [-0.25, -0.2) is 4.98 Å². The molecule has 1 aliphatic heterocycles. The van der Waals surface area contributed by atoms with Crippen LogP contribution in [0.4, 0.5) is 5.82 Å². The Balaban J connectivity index is 0.00000225. The number of hydrogen-bond donors (Lipinski definition) is 1. The highest BCUT2D eigenvalue weighted by Crippen LogP contribution is 2.35. The Bertz CT molecular complexity index is 921. The quantitative estimate of drug-likeness (QED) is 0.636. The summed E-state index contributed by atoms with van der Waals surface area (Å²) in [5.41, 5.74) is 1.00. The molecule has 1 saturated heterocycles. The fourth-order valence-corrected chi connectivity index (χ4v) is 4.73. The standard InChI is InChI=1S/C22H27N3OS.ClH/c1-3-19(26)21-10-9-20(27-21)18-15-16-7-5-6-8-17(16)22(23-18)25-13-11-24(4-2)12-14-25;/h5-10,15,19,26H,3-4,11-14H2,1-2H3;1H. The van der Waals surface area contributed by atoms with Crippen molar-refractivity contribution in [2.24, 2.45) is 0 Å². The molecule has 1 N–H and O–H groups in total. The zero-order valence-electron chi connectivity index (χ0n) is 16.5. The molecule has 28 heavy (non-hydrogen) atoms. The summed E-state index contributed by atoms with van der Waals surface area (Å²) >= 11 is 1.65. The zero-order valence-corrected chi connectivity index (χ0v) is 18.1. The number of benzene rings is 1. The van der Waals surface area contributed by atoms with Gasteiger partial charge in [-0.1, -0.05) is 38.1 Å². The summed E-state index contributed by atoms with van der Waals surface area (Å²) in [6.45, 7) is 9.54. The number of pyridine rings is 1. The Labute approximate surface area is 177 Å². The summed E-state index contributed by atoms with van der Waals surface area (Å²) in [5, 5.41) is 12.6. The maximum absolute atomic E-state index is 10.1. The molecular formula is C22H28ClN3OS. The lowest BCUT2D eigenvalue weighted by atomic mass is 10.1. The molecule has 4 rings (SSSR count). The van der Waals surface area contributed by atoms with E-state index in [0.717, 1.165) is 60.4 Å². The van der Waals surface area contributed by atoms with Gasteiger partial charge in [-0.2, -0.15) is 0 Å². The second kappa shape index (κ2) is 9.23. The molecule has 150 valence electrons. The molecule has 0 saturated carbocycles. The van der Waals surface area contributed by atoms with E-state index in [1.165, 1.54) is 10.8 Å². The number of anilines is 1. The molecule has 3 aromatic rings. The number of piperazine rings is 1. The van der Waals surface area contributed by atoms with Crippen molar-refractivity contribution < 1.29 is 5.11 Å². The van der Waals surface area contributed by atoms with Crippen molar-refractivity contribution in [3.05, 3.63) is 47.3 Å². The number of aliphatic hydroxyl groups is 1. The second-order valence-corrected chi connectivity index (χ2v) is 8.21. The van der Waals surface area contributed by atoms with Crippen LogP contribution in [0, 0.1) is 0 Å². The van der Waals surface area contributed by atoms with Crippen LogP contribution >= 0.6 is 23.7 Å². The van der Waals surface area contributed by atoms with E-state index >= 15 is 0 Å². The van der Waals surface area contributed by atoms with E-state index in [2.05, 4.69) is 53.1 Å². The van der Waals surface area contributed by atoms with Gasteiger partial charge >= 0.3 is 0 Å². The number of aliphatic hydroxyl groups excluding tert-OH is 1. The van der Waals surface area contributed by atoms with Gasteiger partial charge in [0, 0.05) is 36.4 Å². The number of rotatable bonds is 5. The van der Waals surface area contributed by atoms with Crippen molar-refractivity contribution >= 4 is 40.3 Å². The summed E-state index contributed by atoms with van der Waals surface area (Å²) in [7, 11) is 0. The smallest absolute Gasteiger partial charge is 0.137 e. The van der Waals surface area contributed by atoms with E-state index in [1.807, 2.05) is 13.0 Å². The molecule has 0 aliphatic carbocycles. The Hall–Kier alpha value is -1.66. The third kappa shape index (κ3) is 4.18. The van der Waals surface area contributed by atoms with Crippen LogP contribution in [-0.4, -0.2) is 47.7 Å². The van der Waals surface area contributed by atoms with Gasteiger partial charge in [0.25, 0.3) is 0 Å². The fraction of sp³-hybridized carbons (Fsp3) is 0.409. The van der Waals surface area contributed by atoms with Gasteiger partial charge in [-0.05, 0) is 36.6 Å². The van der Waals surface area contributed by atoms with Crippen molar-refractivity contribution in [2.75, 3.05) is 37.6 Å². The van der Waals surface area contributed by atoms with E-state index in [4.69, 9.17) is 4.98 Å². The topological polar surface area (TPSA) is 39.6 Å². The van der Waals surface area contributed by atoms with E-state index in [-0.39, 0.29) is 18.5 Å². The Kier molecular flexibility index (Phi) is 6.94. The molecule has 2 aromatic heterocycles. The van der Waals surface area contributed by atoms with Crippen LogP contribution < -0.4 is 4.90 Å². The van der Waals surface area contributed by atoms with Crippen LogP contribution in [0.2, 0.25) is 0 Å². The molecule has 1 aliphatic rings. The summed E-state index contributed by atoms with van der Waals surface area (Å²) in [5.74, 6) is 1.09. The number of fused-ring (bicyclic) bond motifs is 1. The molecule has 4 nitrogen and oxygen atoms in total. The molecule has 1 atom stereocenters. The maximum Gasteiger partial charge on any atom is 0.137 e. The molecule has 0 spiro atoms. The molecule has 0 bridgehead atoms. The van der Waals surface area contributed by atoms with E-state index in [9.17, 15) is 5.11 Å². The molecule has 3 heterocycles. The minimum Gasteiger partial charge on any atom is -0.388 e. The Morgan fingerprint density at radius 1 is 1.07 bits per heavy atom. The van der Waals surface area contributed by atoms with Crippen molar-refractivity contribution in [2.45, 2.75) is 26.4 Å². The largest absolute Gasteiger partial charge is 0.388 e. The first-order valence-corrected chi connectivity index (χ1v) is 10.7. The number of likely N-dealkylation sites (N-methyl/N-ethyl adjacent to an activating group) is 1. The van der Waals surface area contributed by atoms with Gasteiger partial charge in [0.05, 0.1) is 16.7 Å². The highest BCUT2D eigenvalue weighted by atomic mass is 35.5. The van der Waals surface area contributed by atoms with Gasteiger partial charge in [0.15, 0.2) is 0 Å². The predicted octanol–water partition coefficient (Wildman–Crippen LogP) is 4.97. The van der Waals surface area contributed by atoms with E-state index < -0.39 is 0 Å². The van der Waals surface area contributed by atoms with Crippen molar-refractivity contribution in [1.29, 1.82) is 0 Å². The Morgan fingerprint density at radius 3 is 2.54 bits per heavy atom. The number of halogens is 1. The van der Waals surface area contributed by atoms with Gasteiger partial charge in [0.1, 0.15) is 5.82 Å². The monoisotopic (exact) mass is 417 g/mol. The van der Waals surface area contributed by atoms with Crippen LogP contribution in [0.25, 0.3) is 21.3 Å². The first-order chi connectivity index (χ1) is 13.2. The van der Waals surface area contributed by atoms with Gasteiger partial charge in [-0.3, -0.25) is 0 Å². The lowest BCUT2D eigenvalue weighted by molar-refractivity contribution is 0.177. The molecule has 0 amide bonds. The van der Waals surface area contributed by atoms with Gasteiger partial charge in [0.2, 0.25) is 0 Å². The highest BCUT2D eigenvalue weighted by molar-refractivity contribution is 7.15. The summed E-state index contributed by atoms with van der Waals surface area (Å²) < 4.78 is 0. The van der Waals surface area contributed by atoms with Crippen LogP contribution in [0.5, 0.6) is 0 Å². The lowest BCUT2D eigenvalue weighted by Crippen LogP contribution is -2.46. The maximum atomic E-state index is 10.1. The van der Waals surface area contributed by atoms with Crippen LogP contribution in [0.3, 0.4) is 0 Å². The first kappa shape index (κ1) is 21.1. The Morgan fingerprint density at radius 2 is 1.82 bits per heavy atom. The van der Waals surface area contributed by atoms with E-state index in [1.54, 1.807) is 11.3 Å². The number of aromatic nitrogens is 1. The van der Waals surface area contributed by atoms with Crippen molar-refractivity contribution in [3.8, 4) is 10.6 Å². The summed E-state index contributed by atoms with van der Waals surface area (Å²) in [4.78, 5) is 12.1. The number of nitrogens with zero attached hydrogens (tertiary/aromatic N) is 3. The van der Waals surface area contributed by atoms with Crippen LogP contribution in [0.1, 0.15) is 31.2 Å². The second-order valence-electron chi connectivity index (χ2n) is 7.10. The average Bonchev–Trinajstić information content (AvgIpc) is 3.23. The first-order valence-electron chi connectivity index (χ1n) is 9.84. The lowest BCUT2D eigenvalue weighted by Gasteiger charge is -2.35. The van der Waals surface area contributed by atoms with Gasteiger partial charge < -0.3 is 14.9 Å². The SMILES string of the molecule is CCC(O)c1ccc(-c2cc3ccccc3c(N3CCN(CC)CC3)n2)s1.Cl. The number of thiophene rings is 1. The fourth-order valence-electron chi connectivity index (χ4n) is 3.69. The zero-order chi connectivity index (χ0) is 18.8. The molecule has 1 aromatic carbocycles. The predicted molar refractivity (Wildman–Crippen MR) is 122 cm³/mol. The average molecular weight is 418 g/mol. The van der Waals surface area contributed by atoms with Crippen molar-refractivity contribution in [3.63, 3.8) is 0 Å². The third-order valence-corrected chi connectivity index (χ3v) is 6.64. The van der Waals surface area contributed by atoms with Crippen molar-refractivity contribution in [1.82, 2.24) is 9.88 Å². The normalized spacial score (nSPS) is 16.2. The highest BCUT2D eigenvalue weighted by Gasteiger charge is 2.20. The van der Waals surface area contributed by atoms with Gasteiger partial charge in [-0.15, -0.1) is 23.7 Å². The van der Waals surface area contributed by atoms with Crippen LogP contribution in [0.15, 0.2) is 42.5 Å². The van der Waals surface area contributed by atoms with Crippen LogP contribution in [-0.2, 0) is 0 Å². The minimum atomic E-state index is -0.384. The van der Waals surface area contributed by atoms with E-state index in [0.29, 0.717) is 0 Å². The third-order valence-electron chi connectivity index (χ3n) is 5.43. The molecule has 1 unspecified atom stereocenters. The molecule has 0 radical (unpaired) electrons. The summed E-state index contributed by atoms with van der Waals surface area (Å²) in [6.07, 6.45) is 0.351. The molecule has 1 fully saturated rings. The minimum absolute atomic E-state index is 0. The molecule has 6 heteroatoms. The molecular weight excluding hydrogens is 390 g/mol. The summed E-state index contributed by atoms with van der Waals surface area (Å²) in [6, 6.07) is 14.8. The number of hydrogen-bond acceptors (Lipinski definition) is 5.